The van der Waals surface area contributed by atoms with E-state index in [4.69, 9.17) is 0 Å². The van der Waals surface area contributed by atoms with Crippen molar-refractivity contribution in [2.24, 2.45) is 0 Å². The summed E-state index contributed by atoms with van der Waals surface area (Å²) >= 11 is 0. The molecule has 4 rings (SSSR count). The summed E-state index contributed by atoms with van der Waals surface area (Å²) in [5, 5.41) is 4.77. The van der Waals surface area contributed by atoms with Crippen LogP contribution in [0, 0.1) is 0 Å². The molecule has 1 fully saturated rings. The third-order valence-corrected chi connectivity index (χ3v) is 5.13. The molecule has 1 aliphatic rings. The molecule has 2 aromatic carbocycles. The monoisotopic (exact) mass is 378 g/mol. The van der Waals surface area contributed by atoms with E-state index < -0.39 is 6.09 Å². The number of ether oxygens (including phenoxy) is 1. The van der Waals surface area contributed by atoms with E-state index in [9.17, 15) is 9.59 Å². The van der Waals surface area contributed by atoms with Gasteiger partial charge in [0, 0.05) is 12.1 Å². The van der Waals surface area contributed by atoms with E-state index in [1.165, 1.54) is 12.5 Å². The van der Waals surface area contributed by atoms with Gasteiger partial charge in [0.25, 0.3) is 0 Å². The molecule has 2 N–H and O–H groups in total. The molecule has 7 nitrogen and oxygen atoms in total. The maximum Gasteiger partial charge on any atom is 0.407 e. The van der Waals surface area contributed by atoms with Crippen LogP contribution >= 0.6 is 0 Å². The number of aromatic nitrogens is 2. The highest BCUT2D eigenvalue weighted by Gasteiger charge is 2.32. The molecule has 7 heteroatoms. The number of H-pyrrole nitrogens is 1. The summed E-state index contributed by atoms with van der Waals surface area (Å²) in [6.45, 7) is 0.566. The Bertz CT molecular complexity index is 1010. The van der Waals surface area contributed by atoms with Crippen LogP contribution in [0.3, 0.4) is 0 Å². The summed E-state index contributed by atoms with van der Waals surface area (Å²) in [6.07, 6.45) is 2.95. The lowest BCUT2D eigenvalue weighted by atomic mass is 10.0. The zero-order chi connectivity index (χ0) is 19.5. The summed E-state index contributed by atoms with van der Waals surface area (Å²) in [6, 6.07) is 14.3. The Hall–Kier alpha value is -3.35. The van der Waals surface area contributed by atoms with Gasteiger partial charge in [0.1, 0.15) is 12.4 Å². The molecule has 0 aliphatic carbocycles. The first-order valence-corrected chi connectivity index (χ1v) is 9.31. The molecule has 2 amide bonds. The van der Waals surface area contributed by atoms with Crippen molar-refractivity contribution >= 4 is 22.8 Å². The molecule has 1 unspecified atom stereocenters. The smallest absolute Gasteiger partial charge is 0.407 e. The summed E-state index contributed by atoms with van der Waals surface area (Å²) in [7, 11) is 1.27. The predicted octanol–water partition coefficient (Wildman–Crippen LogP) is 3.25. The lowest BCUT2D eigenvalue weighted by Crippen LogP contribution is -2.40. The number of amides is 2. The van der Waals surface area contributed by atoms with Crippen LogP contribution < -0.4 is 5.32 Å². The Morgan fingerprint density at radius 1 is 1.25 bits per heavy atom. The number of hydrogen-bond donors (Lipinski definition) is 2. The fourth-order valence-electron chi connectivity index (χ4n) is 3.77. The zero-order valence-electron chi connectivity index (χ0n) is 15.6. The number of carbonyl (C=O) groups is 2. The van der Waals surface area contributed by atoms with Gasteiger partial charge in [-0.2, -0.15) is 0 Å². The van der Waals surface area contributed by atoms with E-state index in [-0.39, 0.29) is 18.5 Å². The number of benzene rings is 2. The van der Waals surface area contributed by atoms with Crippen molar-refractivity contribution in [1.82, 2.24) is 20.2 Å². The molecule has 0 spiro atoms. The number of aromatic amines is 1. The first-order chi connectivity index (χ1) is 13.7. The highest BCUT2D eigenvalue weighted by atomic mass is 16.5. The number of nitrogens with one attached hydrogen (secondary N) is 2. The Kier molecular flexibility index (Phi) is 4.97. The number of rotatable bonds is 4. The summed E-state index contributed by atoms with van der Waals surface area (Å²) in [5.41, 5.74) is 2.01. The van der Waals surface area contributed by atoms with Crippen LogP contribution in [0.15, 0.2) is 48.7 Å². The Labute approximate surface area is 162 Å². The minimum Gasteiger partial charge on any atom is -0.453 e. The molecule has 0 radical (unpaired) electrons. The lowest BCUT2D eigenvalue weighted by Gasteiger charge is -2.23. The summed E-state index contributed by atoms with van der Waals surface area (Å²) < 4.78 is 4.52. The van der Waals surface area contributed by atoms with Gasteiger partial charge in [0.2, 0.25) is 5.91 Å². The molecule has 28 heavy (non-hydrogen) atoms. The molecule has 1 atom stereocenters. The number of alkyl carbamates (subject to hydrolysis) is 1. The van der Waals surface area contributed by atoms with Gasteiger partial charge in [-0.3, -0.25) is 4.79 Å². The van der Waals surface area contributed by atoms with Gasteiger partial charge in [-0.15, -0.1) is 0 Å². The topological polar surface area (TPSA) is 87.3 Å². The second-order valence-electron chi connectivity index (χ2n) is 6.80. The fraction of sp³-hybridized carbons (Fsp3) is 0.286. The van der Waals surface area contributed by atoms with Crippen LogP contribution in [0.5, 0.6) is 0 Å². The molecular weight excluding hydrogens is 356 g/mol. The molecule has 144 valence electrons. The van der Waals surface area contributed by atoms with Crippen LogP contribution in [0.25, 0.3) is 22.0 Å². The minimum atomic E-state index is -0.611. The number of methoxy groups -OCH3 is 1. The third kappa shape index (κ3) is 3.43. The van der Waals surface area contributed by atoms with Crippen molar-refractivity contribution in [3.05, 3.63) is 54.5 Å². The Balaban J connectivity index is 1.56. The molecule has 1 aromatic heterocycles. The van der Waals surface area contributed by atoms with Crippen molar-refractivity contribution in [2.45, 2.75) is 18.9 Å². The van der Waals surface area contributed by atoms with Crippen molar-refractivity contribution in [3.8, 4) is 11.3 Å². The maximum atomic E-state index is 12.5. The minimum absolute atomic E-state index is 0.0833. The number of likely N-dealkylation sites (tertiary alicyclic amines) is 1. The maximum absolute atomic E-state index is 12.5. The summed E-state index contributed by atoms with van der Waals surface area (Å²) in [5.74, 6) is 0.628. The zero-order valence-corrected chi connectivity index (χ0v) is 15.6. The molecule has 0 bridgehead atoms. The largest absolute Gasteiger partial charge is 0.453 e. The van der Waals surface area contributed by atoms with Crippen molar-refractivity contribution < 1.29 is 14.3 Å². The normalized spacial score (nSPS) is 16.3. The average molecular weight is 378 g/mol. The second-order valence-corrected chi connectivity index (χ2v) is 6.80. The van der Waals surface area contributed by atoms with Gasteiger partial charge in [-0.1, -0.05) is 42.5 Å². The Morgan fingerprint density at radius 2 is 2.07 bits per heavy atom. The van der Waals surface area contributed by atoms with Gasteiger partial charge < -0.3 is 19.9 Å². The van der Waals surface area contributed by atoms with E-state index in [0.717, 1.165) is 35.3 Å². The number of carbonyl (C=O) groups excluding carboxylic acids is 2. The van der Waals surface area contributed by atoms with Gasteiger partial charge in [0.05, 0.1) is 25.0 Å². The van der Waals surface area contributed by atoms with Gasteiger partial charge in [0.15, 0.2) is 0 Å². The number of hydrogen-bond acceptors (Lipinski definition) is 4. The SMILES string of the molecule is COC(=O)NCC(=O)N1CCCC1c1ncc(-c2cccc3ccccc23)[nH]1. The third-order valence-electron chi connectivity index (χ3n) is 5.13. The van der Waals surface area contributed by atoms with Crippen LogP contribution in [0.2, 0.25) is 0 Å². The van der Waals surface area contributed by atoms with Crippen LogP contribution in [0.4, 0.5) is 4.79 Å². The van der Waals surface area contributed by atoms with E-state index in [0.29, 0.717) is 6.54 Å². The van der Waals surface area contributed by atoms with E-state index in [2.05, 4.69) is 44.3 Å². The van der Waals surface area contributed by atoms with E-state index >= 15 is 0 Å². The molecule has 0 saturated carbocycles. The summed E-state index contributed by atoms with van der Waals surface area (Å²) in [4.78, 5) is 33.5. The molecular formula is C21H22N4O3. The van der Waals surface area contributed by atoms with Crippen LogP contribution in [-0.4, -0.2) is 47.1 Å². The highest BCUT2D eigenvalue weighted by Crippen LogP contribution is 2.33. The average Bonchev–Trinajstić information content (AvgIpc) is 3.40. The predicted molar refractivity (Wildman–Crippen MR) is 106 cm³/mol. The van der Waals surface area contributed by atoms with Crippen molar-refractivity contribution in [2.75, 3.05) is 20.2 Å². The fourth-order valence-corrected chi connectivity index (χ4v) is 3.77. The van der Waals surface area contributed by atoms with Crippen LogP contribution in [0.1, 0.15) is 24.7 Å². The molecule has 3 aromatic rings. The second kappa shape index (κ2) is 7.72. The first-order valence-electron chi connectivity index (χ1n) is 9.31. The number of imidazole rings is 1. The standard InChI is InChI=1S/C21H22N4O3/c1-28-21(27)23-13-19(26)25-11-5-10-18(25)20-22-12-17(24-20)16-9-4-7-14-6-2-3-8-15(14)16/h2-4,6-9,12,18H,5,10-11,13H2,1H3,(H,22,24)(H,23,27). The molecule has 1 saturated heterocycles. The van der Waals surface area contributed by atoms with Crippen molar-refractivity contribution in [3.63, 3.8) is 0 Å². The lowest BCUT2D eigenvalue weighted by molar-refractivity contribution is -0.131. The first kappa shape index (κ1) is 18.0. The van der Waals surface area contributed by atoms with E-state index in [1.54, 1.807) is 4.90 Å². The number of nitrogens with zero attached hydrogens (tertiary/aromatic N) is 2. The van der Waals surface area contributed by atoms with Crippen molar-refractivity contribution in [1.29, 1.82) is 0 Å². The van der Waals surface area contributed by atoms with Gasteiger partial charge >= 0.3 is 6.09 Å². The quantitative estimate of drug-likeness (QED) is 0.730. The van der Waals surface area contributed by atoms with Gasteiger partial charge in [-0.05, 0) is 23.6 Å². The molecule has 1 aliphatic heterocycles. The van der Waals surface area contributed by atoms with E-state index in [1.807, 2.05) is 24.4 Å². The van der Waals surface area contributed by atoms with Gasteiger partial charge in [-0.25, -0.2) is 9.78 Å². The highest BCUT2D eigenvalue weighted by molar-refractivity contribution is 5.95. The number of fused-ring (bicyclic) bond motifs is 1. The van der Waals surface area contributed by atoms with Crippen LogP contribution in [-0.2, 0) is 9.53 Å². The Morgan fingerprint density at radius 3 is 2.93 bits per heavy atom. The molecule has 2 heterocycles.